The fourth-order valence-corrected chi connectivity index (χ4v) is 2.97. The molecule has 28 heavy (non-hydrogen) atoms. The van der Waals surface area contributed by atoms with E-state index in [1.54, 1.807) is 24.3 Å². The zero-order chi connectivity index (χ0) is 19.9. The first-order chi connectivity index (χ1) is 13.5. The number of hydrogen-bond acceptors (Lipinski definition) is 2. The van der Waals surface area contributed by atoms with Gasteiger partial charge in [0.1, 0.15) is 5.82 Å². The van der Waals surface area contributed by atoms with Crippen LogP contribution in [0, 0.1) is 5.82 Å². The molecule has 6 heteroatoms. The Balaban J connectivity index is 1.76. The molecular weight excluding hydrogens is 379 g/mol. The molecule has 0 aliphatic carbocycles. The molecule has 0 bridgehead atoms. The lowest BCUT2D eigenvalue weighted by atomic mass is 10.0. The first-order valence-corrected chi connectivity index (χ1v) is 9.06. The number of amides is 2. The summed E-state index contributed by atoms with van der Waals surface area (Å²) in [6.45, 7) is 0. The van der Waals surface area contributed by atoms with E-state index in [9.17, 15) is 14.0 Å². The molecule has 0 spiro atoms. The Morgan fingerprint density at radius 1 is 0.893 bits per heavy atom. The van der Waals surface area contributed by atoms with Crippen molar-refractivity contribution in [2.45, 2.75) is 12.5 Å². The number of hydrogen-bond donors (Lipinski definition) is 2. The van der Waals surface area contributed by atoms with Crippen LogP contribution in [0.1, 0.15) is 28.4 Å². The van der Waals surface area contributed by atoms with Gasteiger partial charge in [-0.2, -0.15) is 0 Å². The van der Waals surface area contributed by atoms with Gasteiger partial charge >= 0.3 is 0 Å². The van der Waals surface area contributed by atoms with E-state index in [4.69, 9.17) is 11.6 Å². The molecule has 0 fully saturated rings. The molecule has 2 N–H and O–H groups in total. The number of anilines is 1. The number of benzene rings is 3. The van der Waals surface area contributed by atoms with Gasteiger partial charge in [-0.05, 0) is 42.0 Å². The minimum atomic E-state index is -0.551. The summed E-state index contributed by atoms with van der Waals surface area (Å²) in [7, 11) is 0. The number of carbonyl (C=O) groups is 2. The van der Waals surface area contributed by atoms with Crippen molar-refractivity contribution in [3.05, 3.63) is 101 Å². The monoisotopic (exact) mass is 396 g/mol. The van der Waals surface area contributed by atoms with Crippen molar-refractivity contribution in [1.29, 1.82) is 0 Å². The summed E-state index contributed by atoms with van der Waals surface area (Å²) in [5.41, 5.74) is 1.61. The number of rotatable bonds is 6. The summed E-state index contributed by atoms with van der Waals surface area (Å²) in [5.74, 6) is -1.05. The summed E-state index contributed by atoms with van der Waals surface area (Å²) >= 11 is 6.10. The maximum atomic E-state index is 13.0. The fourth-order valence-electron chi connectivity index (χ4n) is 2.75. The van der Waals surface area contributed by atoms with E-state index < -0.39 is 6.04 Å². The lowest BCUT2D eigenvalue weighted by Gasteiger charge is -2.19. The van der Waals surface area contributed by atoms with Crippen molar-refractivity contribution in [1.82, 2.24) is 5.32 Å². The first kappa shape index (κ1) is 19.6. The van der Waals surface area contributed by atoms with Crippen LogP contribution in [-0.2, 0) is 4.79 Å². The minimum Gasteiger partial charge on any atom is -0.345 e. The highest BCUT2D eigenvalue weighted by atomic mass is 35.5. The fraction of sp³-hybridized carbons (Fsp3) is 0.0909. The van der Waals surface area contributed by atoms with Crippen LogP contribution >= 0.6 is 11.6 Å². The van der Waals surface area contributed by atoms with Gasteiger partial charge in [-0.3, -0.25) is 9.59 Å². The molecule has 1 unspecified atom stereocenters. The summed E-state index contributed by atoms with van der Waals surface area (Å²) < 4.78 is 13.0. The maximum Gasteiger partial charge on any atom is 0.253 e. The molecule has 0 saturated heterocycles. The molecule has 0 aromatic heterocycles. The van der Waals surface area contributed by atoms with Crippen molar-refractivity contribution in [3.8, 4) is 0 Å². The molecule has 0 radical (unpaired) electrons. The molecule has 1 atom stereocenters. The van der Waals surface area contributed by atoms with Gasteiger partial charge in [0.05, 0.1) is 23.0 Å². The molecule has 0 aliphatic heterocycles. The Bertz CT molecular complexity index is 962. The molecule has 3 rings (SSSR count). The highest BCUT2D eigenvalue weighted by Crippen LogP contribution is 2.21. The molecule has 3 aromatic rings. The Hall–Kier alpha value is -3.18. The predicted molar refractivity (Wildman–Crippen MR) is 108 cm³/mol. The van der Waals surface area contributed by atoms with Gasteiger partial charge < -0.3 is 10.6 Å². The molecule has 0 heterocycles. The van der Waals surface area contributed by atoms with Crippen LogP contribution in [0.3, 0.4) is 0 Å². The number of halogens is 2. The van der Waals surface area contributed by atoms with E-state index in [2.05, 4.69) is 10.6 Å². The quantitative estimate of drug-likeness (QED) is 0.617. The van der Waals surface area contributed by atoms with E-state index in [1.807, 2.05) is 30.3 Å². The van der Waals surface area contributed by atoms with Crippen LogP contribution in [0.5, 0.6) is 0 Å². The molecule has 4 nitrogen and oxygen atoms in total. The van der Waals surface area contributed by atoms with E-state index in [-0.39, 0.29) is 24.1 Å². The number of carbonyl (C=O) groups excluding carboxylic acids is 2. The van der Waals surface area contributed by atoms with Crippen LogP contribution in [0.2, 0.25) is 5.02 Å². The third-order valence-electron chi connectivity index (χ3n) is 4.14. The van der Waals surface area contributed by atoms with Crippen LogP contribution in [0.25, 0.3) is 0 Å². The van der Waals surface area contributed by atoms with Gasteiger partial charge in [0.25, 0.3) is 5.91 Å². The van der Waals surface area contributed by atoms with Crippen molar-refractivity contribution in [2.24, 2.45) is 0 Å². The van der Waals surface area contributed by atoms with Gasteiger partial charge in [-0.15, -0.1) is 0 Å². The van der Waals surface area contributed by atoms with Gasteiger partial charge in [0.15, 0.2) is 0 Å². The Kier molecular flexibility index (Phi) is 6.40. The second-order valence-corrected chi connectivity index (χ2v) is 6.58. The van der Waals surface area contributed by atoms with Gasteiger partial charge in [0, 0.05) is 5.69 Å². The zero-order valence-corrected chi connectivity index (χ0v) is 15.6. The zero-order valence-electron chi connectivity index (χ0n) is 14.9. The van der Waals surface area contributed by atoms with E-state index in [1.165, 1.54) is 24.3 Å². The third-order valence-corrected chi connectivity index (χ3v) is 4.47. The topological polar surface area (TPSA) is 58.2 Å². The minimum absolute atomic E-state index is 0.0115. The predicted octanol–water partition coefficient (Wildman–Crippen LogP) is 4.98. The molecule has 0 aliphatic rings. The molecule has 142 valence electrons. The lowest BCUT2D eigenvalue weighted by molar-refractivity contribution is -0.116. The smallest absolute Gasteiger partial charge is 0.253 e. The normalized spacial score (nSPS) is 11.5. The molecule has 2 amide bonds. The summed E-state index contributed by atoms with van der Waals surface area (Å²) in [6.07, 6.45) is 0.0115. The highest BCUT2D eigenvalue weighted by Gasteiger charge is 2.20. The average molecular weight is 397 g/mol. The second kappa shape index (κ2) is 9.15. The van der Waals surface area contributed by atoms with Gasteiger partial charge in [-0.1, -0.05) is 54.1 Å². The van der Waals surface area contributed by atoms with E-state index in [0.717, 1.165) is 5.56 Å². The van der Waals surface area contributed by atoms with Gasteiger partial charge in [0.2, 0.25) is 5.91 Å². The Morgan fingerprint density at radius 3 is 2.21 bits per heavy atom. The first-order valence-electron chi connectivity index (χ1n) is 8.68. The number of nitrogens with one attached hydrogen (secondary N) is 2. The molecular formula is C22H18ClFN2O2. The summed E-state index contributed by atoms with van der Waals surface area (Å²) in [4.78, 5) is 25.1. The standard InChI is InChI=1S/C22H18ClFN2O2/c23-19-9-5-4-8-18(19)22(28)26-20(15-6-2-1-3-7-15)14-21(27)25-17-12-10-16(24)11-13-17/h1-13,20H,14H2,(H,25,27)(H,26,28). The van der Waals surface area contributed by atoms with E-state index in [0.29, 0.717) is 16.3 Å². The summed E-state index contributed by atoms with van der Waals surface area (Å²) in [5, 5.41) is 5.92. The van der Waals surface area contributed by atoms with E-state index >= 15 is 0 Å². The van der Waals surface area contributed by atoms with Gasteiger partial charge in [-0.25, -0.2) is 4.39 Å². The highest BCUT2D eigenvalue weighted by molar-refractivity contribution is 6.33. The van der Waals surface area contributed by atoms with Crippen LogP contribution in [0.15, 0.2) is 78.9 Å². The average Bonchev–Trinajstić information content (AvgIpc) is 2.70. The van der Waals surface area contributed by atoms with Crippen LogP contribution < -0.4 is 10.6 Å². The Labute approximate surface area is 167 Å². The lowest BCUT2D eigenvalue weighted by Crippen LogP contribution is -2.31. The van der Waals surface area contributed by atoms with Crippen molar-refractivity contribution >= 4 is 29.1 Å². The molecule has 3 aromatic carbocycles. The SMILES string of the molecule is O=C(CC(NC(=O)c1ccccc1Cl)c1ccccc1)Nc1ccc(F)cc1. The van der Waals surface area contributed by atoms with Crippen molar-refractivity contribution < 1.29 is 14.0 Å². The van der Waals surface area contributed by atoms with Crippen molar-refractivity contribution in [2.75, 3.05) is 5.32 Å². The Morgan fingerprint density at radius 2 is 1.54 bits per heavy atom. The third kappa shape index (κ3) is 5.18. The maximum absolute atomic E-state index is 13.0. The largest absolute Gasteiger partial charge is 0.345 e. The molecule has 0 saturated carbocycles. The summed E-state index contributed by atoms with van der Waals surface area (Å²) in [6, 6.07) is 20.9. The second-order valence-electron chi connectivity index (χ2n) is 6.18. The van der Waals surface area contributed by atoms with Crippen molar-refractivity contribution in [3.63, 3.8) is 0 Å². The van der Waals surface area contributed by atoms with Crippen LogP contribution in [0.4, 0.5) is 10.1 Å². The van der Waals surface area contributed by atoms with Crippen LogP contribution in [-0.4, -0.2) is 11.8 Å².